The Bertz CT molecular complexity index is 473. The van der Waals surface area contributed by atoms with Crippen LogP contribution in [0.5, 0.6) is 0 Å². The monoisotopic (exact) mass is 270 g/mol. The van der Waals surface area contributed by atoms with Gasteiger partial charge >= 0.3 is 0 Å². The van der Waals surface area contributed by atoms with Crippen molar-refractivity contribution in [2.75, 3.05) is 6.26 Å². The summed E-state index contributed by atoms with van der Waals surface area (Å²) in [4.78, 5) is 1.04. The average molecular weight is 270 g/mol. The molecule has 6 heteroatoms. The molecule has 1 aromatic carbocycles. The zero-order valence-corrected chi connectivity index (χ0v) is 11.0. The zero-order chi connectivity index (χ0) is 11.4. The Balaban J connectivity index is 2.19. The molecule has 3 nitrogen and oxygen atoms in total. The number of aromatic nitrogens is 2. The van der Waals surface area contributed by atoms with Gasteiger partial charge in [-0.2, -0.15) is 0 Å². The van der Waals surface area contributed by atoms with Crippen LogP contribution >= 0.6 is 34.9 Å². The van der Waals surface area contributed by atoms with Crippen LogP contribution in [0.1, 0.15) is 5.56 Å². The van der Waals surface area contributed by atoms with E-state index in [1.165, 1.54) is 0 Å². The maximum absolute atomic E-state index is 9.20. The fraction of sp³-hybridized carbons (Fsp3) is 0.200. The molecule has 1 aromatic heterocycles. The van der Waals surface area contributed by atoms with Crippen molar-refractivity contribution in [1.82, 2.24) is 10.2 Å². The minimum atomic E-state index is 0.0529. The molecular weight excluding hydrogens is 260 g/mol. The normalized spacial score (nSPS) is 10.6. The molecule has 2 rings (SSSR count). The molecular formula is C10H10N2OS3. The van der Waals surface area contributed by atoms with Gasteiger partial charge in [0.1, 0.15) is 0 Å². The van der Waals surface area contributed by atoms with Crippen LogP contribution in [0.3, 0.4) is 0 Å². The molecule has 0 aliphatic heterocycles. The maximum Gasteiger partial charge on any atom is 0.179 e. The van der Waals surface area contributed by atoms with Gasteiger partial charge in [0, 0.05) is 4.90 Å². The largest absolute Gasteiger partial charge is 0.392 e. The van der Waals surface area contributed by atoms with Crippen LogP contribution < -0.4 is 0 Å². The lowest BCUT2D eigenvalue weighted by molar-refractivity contribution is 0.279. The van der Waals surface area contributed by atoms with Crippen LogP contribution in [-0.2, 0) is 6.61 Å². The molecule has 0 aliphatic carbocycles. The molecule has 0 amide bonds. The van der Waals surface area contributed by atoms with Crippen molar-refractivity contribution in [3.8, 4) is 0 Å². The van der Waals surface area contributed by atoms with E-state index in [-0.39, 0.29) is 6.61 Å². The SMILES string of the molecule is CSc1nnc(Sc2ccccc2CO)s1. The van der Waals surface area contributed by atoms with Crippen LogP contribution in [-0.4, -0.2) is 21.6 Å². The Hall–Kier alpha value is -0.560. The summed E-state index contributed by atoms with van der Waals surface area (Å²) in [6, 6.07) is 7.77. The van der Waals surface area contributed by atoms with E-state index >= 15 is 0 Å². The van der Waals surface area contributed by atoms with Gasteiger partial charge < -0.3 is 5.11 Å². The molecule has 0 atom stereocenters. The molecule has 1 heterocycles. The molecule has 2 aromatic rings. The van der Waals surface area contributed by atoms with Gasteiger partial charge in [-0.25, -0.2) is 0 Å². The highest BCUT2D eigenvalue weighted by Crippen LogP contribution is 2.34. The summed E-state index contributed by atoms with van der Waals surface area (Å²) < 4.78 is 1.87. The van der Waals surface area contributed by atoms with Crippen molar-refractivity contribution in [2.24, 2.45) is 0 Å². The third-order valence-corrected chi connectivity index (χ3v) is 4.97. The highest BCUT2D eigenvalue weighted by Gasteiger charge is 2.07. The first-order valence-corrected chi connectivity index (χ1v) is 7.43. The number of benzene rings is 1. The van der Waals surface area contributed by atoms with Gasteiger partial charge in [0.05, 0.1) is 6.61 Å². The molecule has 0 bridgehead atoms. The van der Waals surface area contributed by atoms with Crippen LogP contribution in [0.15, 0.2) is 37.8 Å². The van der Waals surface area contributed by atoms with Crippen molar-refractivity contribution in [3.05, 3.63) is 29.8 Å². The van der Waals surface area contributed by atoms with Crippen LogP contribution in [0, 0.1) is 0 Å². The Labute approximate surface area is 106 Å². The number of thioether (sulfide) groups is 1. The van der Waals surface area contributed by atoms with Gasteiger partial charge in [-0.3, -0.25) is 0 Å². The van der Waals surface area contributed by atoms with Gasteiger partial charge in [0.25, 0.3) is 0 Å². The van der Waals surface area contributed by atoms with Crippen molar-refractivity contribution in [2.45, 2.75) is 20.2 Å². The van der Waals surface area contributed by atoms with Gasteiger partial charge in [-0.15, -0.1) is 10.2 Å². The Morgan fingerprint density at radius 1 is 1.25 bits per heavy atom. The highest BCUT2D eigenvalue weighted by molar-refractivity contribution is 8.03. The second-order valence-electron chi connectivity index (χ2n) is 2.91. The first kappa shape index (κ1) is 11.9. The first-order valence-electron chi connectivity index (χ1n) is 4.57. The lowest BCUT2D eigenvalue weighted by atomic mass is 10.2. The fourth-order valence-corrected chi connectivity index (χ4v) is 3.67. The topological polar surface area (TPSA) is 46.0 Å². The third kappa shape index (κ3) is 2.76. The van der Waals surface area contributed by atoms with Gasteiger partial charge in [0.2, 0.25) is 0 Å². The van der Waals surface area contributed by atoms with Crippen molar-refractivity contribution in [1.29, 1.82) is 0 Å². The molecule has 0 fully saturated rings. The number of rotatable bonds is 4. The van der Waals surface area contributed by atoms with Crippen molar-refractivity contribution < 1.29 is 5.11 Å². The fourth-order valence-electron chi connectivity index (χ4n) is 1.15. The summed E-state index contributed by atoms with van der Waals surface area (Å²) >= 11 is 4.71. The van der Waals surface area contributed by atoms with Crippen LogP contribution in [0.25, 0.3) is 0 Å². The molecule has 0 spiro atoms. The lowest BCUT2D eigenvalue weighted by Gasteiger charge is -2.02. The maximum atomic E-state index is 9.20. The molecule has 0 saturated heterocycles. The number of hydrogen-bond acceptors (Lipinski definition) is 6. The second kappa shape index (κ2) is 5.67. The predicted octanol–water partition coefficient (Wildman–Crippen LogP) is 2.90. The average Bonchev–Trinajstić information content (AvgIpc) is 2.77. The van der Waals surface area contributed by atoms with Crippen LogP contribution in [0.4, 0.5) is 0 Å². The Morgan fingerprint density at radius 2 is 2.00 bits per heavy atom. The molecule has 1 N–H and O–H groups in total. The minimum absolute atomic E-state index is 0.0529. The van der Waals surface area contributed by atoms with E-state index in [1.54, 1.807) is 34.9 Å². The zero-order valence-electron chi connectivity index (χ0n) is 8.58. The van der Waals surface area contributed by atoms with E-state index in [1.807, 2.05) is 30.5 Å². The third-order valence-electron chi connectivity index (χ3n) is 1.90. The molecule has 0 aliphatic rings. The van der Waals surface area contributed by atoms with Crippen molar-refractivity contribution >= 4 is 34.9 Å². The number of aliphatic hydroxyl groups excluding tert-OH is 1. The molecule has 84 valence electrons. The standard InChI is InChI=1S/C10H10N2OS3/c1-14-9-11-12-10(16-9)15-8-5-3-2-4-7(8)6-13/h2-5,13H,6H2,1H3. The van der Waals surface area contributed by atoms with E-state index in [9.17, 15) is 5.11 Å². The lowest BCUT2D eigenvalue weighted by Crippen LogP contribution is -1.86. The van der Waals surface area contributed by atoms with E-state index < -0.39 is 0 Å². The number of hydrogen-bond donors (Lipinski definition) is 1. The molecule has 0 radical (unpaired) electrons. The van der Waals surface area contributed by atoms with E-state index in [0.29, 0.717) is 0 Å². The summed E-state index contributed by atoms with van der Waals surface area (Å²) in [5.41, 5.74) is 0.924. The predicted molar refractivity (Wildman–Crippen MR) is 68.2 cm³/mol. The summed E-state index contributed by atoms with van der Waals surface area (Å²) in [6.45, 7) is 0.0529. The summed E-state index contributed by atoms with van der Waals surface area (Å²) in [7, 11) is 0. The van der Waals surface area contributed by atoms with Gasteiger partial charge in [0.15, 0.2) is 8.68 Å². The molecule has 0 saturated carbocycles. The quantitative estimate of drug-likeness (QED) is 0.866. The Morgan fingerprint density at radius 3 is 2.69 bits per heavy atom. The minimum Gasteiger partial charge on any atom is -0.392 e. The summed E-state index contributed by atoms with van der Waals surface area (Å²) in [5.74, 6) is 0. The summed E-state index contributed by atoms with van der Waals surface area (Å²) in [5, 5.41) is 17.3. The summed E-state index contributed by atoms with van der Waals surface area (Å²) in [6.07, 6.45) is 1.98. The van der Waals surface area contributed by atoms with E-state index in [0.717, 1.165) is 19.1 Å². The van der Waals surface area contributed by atoms with Gasteiger partial charge in [-0.1, -0.05) is 53.1 Å². The van der Waals surface area contributed by atoms with Crippen molar-refractivity contribution in [3.63, 3.8) is 0 Å². The van der Waals surface area contributed by atoms with Crippen LogP contribution in [0.2, 0.25) is 0 Å². The number of nitrogens with zero attached hydrogens (tertiary/aromatic N) is 2. The molecule has 0 unspecified atom stereocenters. The Kier molecular flexibility index (Phi) is 4.22. The second-order valence-corrected chi connectivity index (χ2v) is 6.23. The van der Waals surface area contributed by atoms with E-state index in [2.05, 4.69) is 10.2 Å². The van der Waals surface area contributed by atoms with Gasteiger partial charge in [-0.05, 0) is 17.9 Å². The number of aliphatic hydroxyl groups is 1. The highest BCUT2D eigenvalue weighted by atomic mass is 32.2. The molecule has 16 heavy (non-hydrogen) atoms. The first-order chi connectivity index (χ1) is 7.83. The smallest absolute Gasteiger partial charge is 0.179 e. The van der Waals surface area contributed by atoms with E-state index in [4.69, 9.17) is 0 Å².